The van der Waals surface area contributed by atoms with Gasteiger partial charge in [0.25, 0.3) is 0 Å². The van der Waals surface area contributed by atoms with Crippen LogP contribution in [0.1, 0.15) is 290 Å². The van der Waals surface area contributed by atoms with Crippen LogP contribution in [0.4, 0.5) is 0 Å². The molecule has 12 nitrogen and oxygen atoms in total. The first-order valence-corrected chi connectivity index (χ1v) is 31.0. The van der Waals surface area contributed by atoms with Crippen molar-refractivity contribution in [1.29, 1.82) is 0 Å². The van der Waals surface area contributed by atoms with Gasteiger partial charge in [0.15, 0.2) is 24.6 Å². The molecule has 0 aromatic carbocycles. The average Bonchev–Trinajstić information content (AvgIpc) is 3.39. The molecule has 0 aromatic heterocycles. The molecule has 0 radical (unpaired) electrons. The van der Waals surface area contributed by atoms with Gasteiger partial charge in [0.2, 0.25) is 0 Å². The number of hydrogen-bond donors (Lipinski definition) is 3. The Balaban J connectivity index is 2.65. The van der Waals surface area contributed by atoms with Gasteiger partial charge in [0.05, 0.1) is 6.61 Å². The molecule has 1 aliphatic heterocycles. The Labute approximate surface area is 457 Å². The van der Waals surface area contributed by atoms with Crippen molar-refractivity contribution in [3.05, 3.63) is 36.5 Å². The third-order valence-electron chi connectivity index (χ3n) is 14.2. The largest absolute Gasteiger partial charge is 0.479 e. The summed E-state index contributed by atoms with van der Waals surface area (Å²) in [6.07, 6.45) is 48.4. The van der Waals surface area contributed by atoms with E-state index in [-0.39, 0.29) is 25.9 Å². The molecule has 0 saturated carbocycles. The number of carbonyl (C=O) groups is 4. The summed E-state index contributed by atoms with van der Waals surface area (Å²) in [6, 6.07) is 0. The predicted octanol–water partition coefficient (Wildman–Crippen LogP) is 16.0. The monoisotopic (exact) mass is 1060 g/mol. The molecule has 436 valence electrons. The number of rotatable bonds is 53. The highest BCUT2D eigenvalue weighted by Crippen LogP contribution is 2.27. The number of carboxylic acids is 1. The van der Waals surface area contributed by atoms with Crippen molar-refractivity contribution in [3.8, 4) is 0 Å². The van der Waals surface area contributed by atoms with Gasteiger partial charge in [-0.2, -0.15) is 0 Å². The molecule has 6 atom stereocenters. The zero-order chi connectivity index (χ0) is 54.7. The van der Waals surface area contributed by atoms with Crippen LogP contribution in [0.25, 0.3) is 0 Å². The summed E-state index contributed by atoms with van der Waals surface area (Å²) in [5, 5.41) is 31.4. The van der Waals surface area contributed by atoms with Gasteiger partial charge >= 0.3 is 23.9 Å². The second-order valence-corrected chi connectivity index (χ2v) is 21.3. The van der Waals surface area contributed by atoms with E-state index in [1.807, 2.05) is 0 Å². The van der Waals surface area contributed by atoms with E-state index >= 15 is 0 Å². The Morgan fingerprint density at radius 2 is 0.813 bits per heavy atom. The van der Waals surface area contributed by atoms with E-state index in [0.717, 1.165) is 103 Å². The van der Waals surface area contributed by atoms with Gasteiger partial charge in [-0.1, -0.05) is 237 Å². The molecule has 12 heteroatoms. The number of hydrogen-bond acceptors (Lipinski definition) is 11. The van der Waals surface area contributed by atoms with Crippen molar-refractivity contribution < 1.29 is 58.2 Å². The van der Waals surface area contributed by atoms with Crippen molar-refractivity contribution in [2.75, 3.05) is 13.2 Å². The summed E-state index contributed by atoms with van der Waals surface area (Å²) in [6.45, 7) is 5.94. The maximum absolute atomic E-state index is 13.1. The molecule has 0 aromatic rings. The summed E-state index contributed by atoms with van der Waals surface area (Å²) >= 11 is 0. The van der Waals surface area contributed by atoms with Gasteiger partial charge in [0.1, 0.15) is 18.8 Å². The fourth-order valence-corrected chi connectivity index (χ4v) is 9.38. The zero-order valence-electron chi connectivity index (χ0n) is 48.1. The minimum Gasteiger partial charge on any atom is -0.479 e. The first kappa shape index (κ1) is 70.0. The van der Waals surface area contributed by atoms with Crippen LogP contribution in [-0.4, -0.2) is 89.2 Å². The number of carbonyl (C=O) groups excluding carboxylic acids is 3. The Bertz CT molecular complexity index is 1450. The second kappa shape index (κ2) is 51.7. The maximum atomic E-state index is 13.1. The summed E-state index contributed by atoms with van der Waals surface area (Å²) in [5.74, 6) is -3.12. The third-order valence-corrected chi connectivity index (χ3v) is 14.2. The Hall–Kier alpha value is -3.06. The molecule has 1 aliphatic rings. The molecule has 1 saturated heterocycles. The number of ether oxygens (including phenoxy) is 5. The minimum absolute atomic E-state index is 0.0508. The minimum atomic E-state index is -1.90. The summed E-state index contributed by atoms with van der Waals surface area (Å²) in [5.41, 5.74) is 0. The molecule has 0 spiro atoms. The number of unbranched alkanes of at least 4 members (excludes halogenated alkanes) is 33. The predicted molar refractivity (Wildman–Crippen MR) is 303 cm³/mol. The topological polar surface area (TPSA) is 175 Å². The van der Waals surface area contributed by atoms with Crippen LogP contribution in [0.5, 0.6) is 0 Å². The van der Waals surface area contributed by atoms with Gasteiger partial charge in [-0.25, -0.2) is 4.79 Å². The van der Waals surface area contributed by atoms with Crippen molar-refractivity contribution in [2.45, 2.75) is 327 Å². The van der Waals surface area contributed by atoms with E-state index in [0.29, 0.717) is 19.3 Å². The molecule has 1 fully saturated rings. The van der Waals surface area contributed by atoms with E-state index in [1.165, 1.54) is 128 Å². The normalized spacial score (nSPS) is 18.3. The Morgan fingerprint density at radius 3 is 1.28 bits per heavy atom. The number of esters is 3. The quantitative estimate of drug-likeness (QED) is 0.0228. The Kier molecular flexibility index (Phi) is 48.2. The van der Waals surface area contributed by atoms with Gasteiger partial charge < -0.3 is 39.0 Å². The standard InChI is InChI=1S/C63H112O12/c1-4-7-10-13-16-19-22-24-26-27-28-29-31-32-35-37-40-43-46-49-55(64)71-52-54(73-56(65)50-47-44-41-39-36-33-30-25-23-20-17-14-11-8-5-2)53-72-63-61(59(68)58(67)60(75-63)62(69)70)74-57(66)51-48-45-42-38-34-21-18-15-12-9-6-3/h15,17-18,20,25,30,54,58-61,63,67-68H,4-14,16,19,21-24,26-29,31-53H2,1-3H3,(H,69,70)/b18-15-,20-17-,30-25-. The van der Waals surface area contributed by atoms with Crippen molar-refractivity contribution in [2.24, 2.45) is 0 Å². The van der Waals surface area contributed by atoms with E-state index < -0.39 is 67.3 Å². The van der Waals surface area contributed by atoms with Crippen LogP contribution in [0, 0.1) is 0 Å². The molecule has 0 aliphatic carbocycles. The molecule has 1 heterocycles. The number of allylic oxidation sites excluding steroid dienone is 6. The van der Waals surface area contributed by atoms with Crippen LogP contribution < -0.4 is 0 Å². The highest BCUT2D eigenvalue weighted by atomic mass is 16.7. The van der Waals surface area contributed by atoms with Crippen molar-refractivity contribution in [1.82, 2.24) is 0 Å². The zero-order valence-corrected chi connectivity index (χ0v) is 48.1. The van der Waals surface area contributed by atoms with Crippen LogP contribution in [-0.2, 0) is 42.9 Å². The molecule has 6 unspecified atom stereocenters. The van der Waals surface area contributed by atoms with Crippen molar-refractivity contribution in [3.63, 3.8) is 0 Å². The fraction of sp³-hybridized carbons (Fsp3) is 0.841. The second-order valence-electron chi connectivity index (χ2n) is 21.3. The highest BCUT2D eigenvalue weighted by Gasteiger charge is 2.50. The fourth-order valence-electron chi connectivity index (χ4n) is 9.38. The van der Waals surface area contributed by atoms with E-state index in [2.05, 4.69) is 57.2 Å². The van der Waals surface area contributed by atoms with Gasteiger partial charge in [-0.3, -0.25) is 14.4 Å². The van der Waals surface area contributed by atoms with Crippen molar-refractivity contribution >= 4 is 23.9 Å². The maximum Gasteiger partial charge on any atom is 0.335 e. The highest BCUT2D eigenvalue weighted by molar-refractivity contribution is 5.74. The van der Waals surface area contributed by atoms with Crippen LogP contribution in [0.3, 0.4) is 0 Å². The number of aliphatic hydroxyl groups is 2. The van der Waals surface area contributed by atoms with Gasteiger partial charge in [-0.05, 0) is 70.6 Å². The Morgan fingerprint density at radius 1 is 0.440 bits per heavy atom. The molecule has 0 bridgehead atoms. The van der Waals surface area contributed by atoms with Gasteiger partial charge in [-0.15, -0.1) is 0 Å². The van der Waals surface area contributed by atoms with Crippen LogP contribution in [0.15, 0.2) is 36.5 Å². The third kappa shape index (κ3) is 41.7. The summed E-state index contributed by atoms with van der Waals surface area (Å²) in [4.78, 5) is 51.1. The molecule has 75 heavy (non-hydrogen) atoms. The van der Waals surface area contributed by atoms with Crippen LogP contribution in [0.2, 0.25) is 0 Å². The molecular weight excluding hydrogens is 949 g/mol. The summed E-state index contributed by atoms with van der Waals surface area (Å²) in [7, 11) is 0. The van der Waals surface area contributed by atoms with Crippen LogP contribution >= 0.6 is 0 Å². The lowest BCUT2D eigenvalue weighted by molar-refractivity contribution is -0.301. The first-order chi connectivity index (χ1) is 36.6. The first-order valence-electron chi connectivity index (χ1n) is 31.0. The van der Waals surface area contributed by atoms with Gasteiger partial charge in [0, 0.05) is 19.3 Å². The molecule has 0 amide bonds. The SMILES string of the molecule is CCCC/C=C\CCCCCCCC(=O)OC1C(OCC(COC(=O)CCCCCCCCCCCCCCCCCCCCC)OC(=O)CCCCCCC/C=C\C/C=C\CCCCC)OC(C(=O)O)C(O)C1O. The number of aliphatic carboxylic acids is 1. The lowest BCUT2D eigenvalue weighted by Gasteiger charge is -2.40. The molecule has 1 rings (SSSR count). The molecular formula is C63H112O12. The average molecular weight is 1060 g/mol. The number of aliphatic hydroxyl groups excluding tert-OH is 2. The smallest absolute Gasteiger partial charge is 0.335 e. The van der Waals surface area contributed by atoms with E-state index in [9.17, 15) is 34.5 Å². The van der Waals surface area contributed by atoms with E-state index in [1.54, 1.807) is 0 Å². The molecule has 3 N–H and O–H groups in total. The summed E-state index contributed by atoms with van der Waals surface area (Å²) < 4.78 is 28.4. The lowest BCUT2D eigenvalue weighted by Crippen LogP contribution is -2.61. The van der Waals surface area contributed by atoms with E-state index in [4.69, 9.17) is 23.7 Å². The number of carboxylic acid groups (broad SMARTS) is 1. The lowest BCUT2D eigenvalue weighted by atomic mass is 9.98.